The highest BCUT2D eigenvalue weighted by molar-refractivity contribution is 9.11. The summed E-state index contributed by atoms with van der Waals surface area (Å²) in [7, 11) is 0. The fourth-order valence-corrected chi connectivity index (χ4v) is 0.518. The van der Waals surface area contributed by atoms with Crippen molar-refractivity contribution in [3.63, 3.8) is 0 Å². The lowest BCUT2D eigenvalue weighted by molar-refractivity contribution is -0.137. The molecule has 0 spiro atoms. The van der Waals surface area contributed by atoms with Gasteiger partial charge in [-0.1, -0.05) is 22.9 Å². The summed E-state index contributed by atoms with van der Waals surface area (Å²) in [6.45, 7) is 2.45. The topological polar surface area (TPSA) is 26.3 Å². The average molecular weight is 193 g/mol. The minimum Gasteiger partial charge on any atom is -0.463 e. The van der Waals surface area contributed by atoms with Gasteiger partial charge in [0.2, 0.25) is 0 Å². The van der Waals surface area contributed by atoms with Crippen LogP contribution in [0, 0.1) is 0 Å². The highest BCUT2D eigenvalue weighted by Crippen LogP contribution is 1.87. The lowest BCUT2D eigenvalue weighted by Crippen LogP contribution is -2.00. The Labute approximate surface area is 63.0 Å². The average Bonchev–Trinajstić information content (AvgIpc) is 1.85. The molecule has 0 fully saturated rings. The SMILES string of the molecule is CCCOC(=O)C=CBr. The normalized spacial score (nSPS) is 10.0. The van der Waals surface area contributed by atoms with Crippen molar-refractivity contribution < 1.29 is 9.53 Å². The molecule has 0 aliphatic carbocycles. The molecule has 0 aromatic carbocycles. The zero-order chi connectivity index (χ0) is 7.11. The van der Waals surface area contributed by atoms with Crippen LogP contribution in [0.4, 0.5) is 0 Å². The van der Waals surface area contributed by atoms with E-state index in [2.05, 4.69) is 20.7 Å². The molecule has 0 heterocycles. The third-order valence-electron chi connectivity index (χ3n) is 0.648. The summed E-state index contributed by atoms with van der Waals surface area (Å²) < 4.78 is 4.68. The smallest absolute Gasteiger partial charge is 0.331 e. The van der Waals surface area contributed by atoms with Crippen molar-refractivity contribution in [1.82, 2.24) is 0 Å². The molecule has 0 saturated heterocycles. The Hall–Kier alpha value is -0.310. The molecule has 0 aromatic heterocycles. The first-order valence-corrected chi connectivity index (χ1v) is 3.66. The molecule has 0 radical (unpaired) electrons. The maximum absolute atomic E-state index is 10.5. The van der Waals surface area contributed by atoms with Crippen LogP contribution in [-0.4, -0.2) is 12.6 Å². The van der Waals surface area contributed by atoms with Crippen LogP contribution >= 0.6 is 15.9 Å². The van der Waals surface area contributed by atoms with Gasteiger partial charge in [0.25, 0.3) is 0 Å². The van der Waals surface area contributed by atoms with Crippen LogP contribution in [0.1, 0.15) is 13.3 Å². The number of hydrogen-bond acceptors (Lipinski definition) is 2. The quantitative estimate of drug-likeness (QED) is 0.505. The Morgan fingerprint density at radius 3 is 2.89 bits per heavy atom. The van der Waals surface area contributed by atoms with E-state index < -0.39 is 0 Å². The van der Waals surface area contributed by atoms with Crippen LogP contribution < -0.4 is 0 Å². The standard InChI is InChI=1S/C6H9BrO2/c1-2-5-9-6(8)3-4-7/h3-4H,2,5H2,1H3. The molecule has 0 aromatic rings. The summed E-state index contributed by atoms with van der Waals surface area (Å²) in [6.07, 6.45) is 2.19. The number of rotatable bonds is 3. The highest BCUT2D eigenvalue weighted by Gasteiger charge is 1.91. The molecular formula is C6H9BrO2. The van der Waals surface area contributed by atoms with E-state index in [0.29, 0.717) is 6.61 Å². The third kappa shape index (κ3) is 5.56. The van der Waals surface area contributed by atoms with Crippen molar-refractivity contribution in [1.29, 1.82) is 0 Å². The summed E-state index contributed by atoms with van der Waals surface area (Å²) in [5, 5.41) is 0. The van der Waals surface area contributed by atoms with Gasteiger partial charge in [-0.3, -0.25) is 0 Å². The van der Waals surface area contributed by atoms with E-state index in [1.165, 1.54) is 11.1 Å². The monoisotopic (exact) mass is 192 g/mol. The molecule has 0 amide bonds. The van der Waals surface area contributed by atoms with Crippen LogP contribution in [-0.2, 0) is 9.53 Å². The largest absolute Gasteiger partial charge is 0.463 e. The maximum Gasteiger partial charge on any atom is 0.331 e. The first kappa shape index (κ1) is 8.69. The molecular weight excluding hydrogens is 184 g/mol. The van der Waals surface area contributed by atoms with Crippen LogP contribution in [0.5, 0.6) is 0 Å². The highest BCUT2D eigenvalue weighted by atomic mass is 79.9. The van der Waals surface area contributed by atoms with E-state index in [-0.39, 0.29) is 5.97 Å². The van der Waals surface area contributed by atoms with Gasteiger partial charge < -0.3 is 4.74 Å². The van der Waals surface area contributed by atoms with E-state index in [9.17, 15) is 4.79 Å². The number of carbonyl (C=O) groups excluding carboxylic acids is 1. The molecule has 0 N–H and O–H groups in total. The van der Waals surface area contributed by atoms with Crippen molar-refractivity contribution in [3.05, 3.63) is 11.1 Å². The lowest BCUT2D eigenvalue weighted by Gasteiger charge is -1.95. The Morgan fingerprint density at radius 2 is 2.44 bits per heavy atom. The minimum absolute atomic E-state index is 0.297. The predicted molar refractivity (Wildman–Crippen MR) is 39.3 cm³/mol. The van der Waals surface area contributed by atoms with Gasteiger partial charge in [0.05, 0.1) is 6.61 Å². The van der Waals surface area contributed by atoms with Crippen molar-refractivity contribution >= 4 is 21.9 Å². The van der Waals surface area contributed by atoms with Crippen LogP contribution in [0.15, 0.2) is 11.1 Å². The van der Waals surface area contributed by atoms with Gasteiger partial charge in [-0.2, -0.15) is 0 Å². The molecule has 2 nitrogen and oxygen atoms in total. The van der Waals surface area contributed by atoms with Crippen molar-refractivity contribution in [2.45, 2.75) is 13.3 Å². The van der Waals surface area contributed by atoms with Gasteiger partial charge in [0, 0.05) is 6.08 Å². The summed E-state index contributed by atoms with van der Waals surface area (Å²) in [5.74, 6) is -0.297. The molecule has 0 atom stereocenters. The second kappa shape index (κ2) is 5.82. The molecule has 3 heteroatoms. The van der Waals surface area contributed by atoms with Crippen LogP contribution in [0.2, 0.25) is 0 Å². The minimum atomic E-state index is -0.297. The van der Waals surface area contributed by atoms with Crippen molar-refractivity contribution in [2.24, 2.45) is 0 Å². The van der Waals surface area contributed by atoms with Gasteiger partial charge >= 0.3 is 5.97 Å². The van der Waals surface area contributed by atoms with Gasteiger partial charge in [-0.25, -0.2) is 4.79 Å². The molecule has 9 heavy (non-hydrogen) atoms. The molecule has 0 rings (SSSR count). The third-order valence-corrected chi connectivity index (χ3v) is 0.912. The second-order valence-electron chi connectivity index (χ2n) is 1.46. The number of carbonyl (C=O) groups is 1. The Morgan fingerprint density at radius 1 is 1.78 bits per heavy atom. The number of halogens is 1. The predicted octanol–water partition coefficient (Wildman–Crippen LogP) is 1.85. The first-order chi connectivity index (χ1) is 4.31. The van der Waals surface area contributed by atoms with Gasteiger partial charge in [0.1, 0.15) is 0 Å². The fourth-order valence-electron chi connectivity index (χ4n) is 0.302. The fraction of sp³-hybridized carbons (Fsp3) is 0.500. The van der Waals surface area contributed by atoms with E-state index in [0.717, 1.165) is 6.42 Å². The summed E-state index contributed by atoms with van der Waals surface area (Å²) in [6, 6.07) is 0. The molecule has 0 bridgehead atoms. The molecule has 0 saturated carbocycles. The van der Waals surface area contributed by atoms with Gasteiger partial charge in [-0.15, -0.1) is 0 Å². The van der Waals surface area contributed by atoms with E-state index in [1.807, 2.05) is 6.92 Å². The molecule has 0 aliphatic heterocycles. The number of hydrogen-bond donors (Lipinski definition) is 0. The van der Waals surface area contributed by atoms with E-state index in [1.54, 1.807) is 0 Å². The summed E-state index contributed by atoms with van der Waals surface area (Å²) >= 11 is 2.96. The second-order valence-corrected chi connectivity index (χ2v) is 1.99. The Bertz CT molecular complexity index is 110. The number of esters is 1. The summed E-state index contributed by atoms with van der Waals surface area (Å²) in [5.41, 5.74) is 0. The van der Waals surface area contributed by atoms with Crippen molar-refractivity contribution in [3.8, 4) is 0 Å². The van der Waals surface area contributed by atoms with Gasteiger partial charge in [0.15, 0.2) is 0 Å². The van der Waals surface area contributed by atoms with Crippen LogP contribution in [0.25, 0.3) is 0 Å². The van der Waals surface area contributed by atoms with Gasteiger partial charge in [-0.05, 0) is 11.4 Å². The Balaban J connectivity index is 3.27. The van der Waals surface area contributed by atoms with E-state index >= 15 is 0 Å². The molecule has 0 unspecified atom stereocenters. The van der Waals surface area contributed by atoms with E-state index in [4.69, 9.17) is 0 Å². The maximum atomic E-state index is 10.5. The Kier molecular flexibility index (Phi) is 5.62. The summed E-state index contributed by atoms with van der Waals surface area (Å²) in [4.78, 5) is 11.9. The van der Waals surface area contributed by atoms with Crippen molar-refractivity contribution in [2.75, 3.05) is 6.61 Å². The molecule has 52 valence electrons. The zero-order valence-electron chi connectivity index (χ0n) is 5.26. The zero-order valence-corrected chi connectivity index (χ0v) is 6.85. The van der Waals surface area contributed by atoms with Crippen LogP contribution in [0.3, 0.4) is 0 Å². The number of ether oxygens (including phenoxy) is 1. The lowest BCUT2D eigenvalue weighted by atomic mass is 10.5. The molecule has 0 aliphatic rings. The first-order valence-electron chi connectivity index (χ1n) is 2.74.